The topological polar surface area (TPSA) is 136 Å². The molecule has 3 fully saturated rings. The fraction of sp³-hybridized carbons (Fsp3) is 0.714. The predicted molar refractivity (Wildman–Crippen MR) is 126 cm³/mol. The molecule has 0 aliphatic carbocycles. The van der Waals surface area contributed by atoms with Gasteiger partial charge in [-0.3, -0.25) is 0 Å². The second-order valence-corrected chi connectivity index (χ2v) is 8.62. The molecule has 11 N–H and O–H groups in total. The molecule has 0 saturated carbocycles. The summed E-state index contributed by atoms with van der Waals surface area (Å²) < 4.78 is 0. The molecule has 30 heavy (non-hydrogen) atoms. The first-order valence-corrected chi connectivity index (χ1v) is 11.0. The summed E-state index contributed by atoms with van der Waals surface area (Å²) in [5.74, 6) is 0. The maximum atomic E-state index is 6.65. The standard InChI is InChI=1S/C21H43N9/c1-18(3-4-19(2)22)11-30-21-15-27-8-5-24-12-20(23,13-25-6-9-28-16-21)14-26-7-10-29-17-21/h3-4,24-30H,1-2,5-17,22-23H2/b4-3-. The first-order chi connectivity index (χ1) is 14.4. The molecular weight excluding hydrogens is 378 g/mol. The number of fused-ring (bicyclic) bond motifs is 15. The zero-order chi connectivity index (χ0) is 21.7. The van der Waals surface area contributed by atoms with E-state index in [2.05, 4.69) is 50.4 Å². The van der Waals surface area contributed by atoms with Gasteiger partial charge in [-0.1, -0.05) is 19.2 Å². The van der Waals surface area contributed by atoms with E-state index in [9.17, 15) is 0 Å². The third kappa shape index (κ3) is 9.67. The number of hydrogen-bond donors (Lipinski definition) is 9. The largest absolute Gasteiger partial charge is 0.399 e. The molecule has 3 heterocycles. The molecule has 0 aromatic heterocycles. The lowest BCUT2D eigenvalue weighted by molar-refractivity contribution is 0.277. The van der Waals surface area contributed by atoms with E-state index in [1.54, 1.807) is 6.08 Å². The quantitative estimate of drug-likeness (QED) is 0.215. The van der Waals surface area contributed by atoms with Crippen LogP contribution in [0.5, 0.6) is 0 Å². The monoisotopic (exact) mass is 421 g/mol. The molecule has 2 bridgehead atoms. The van der Waals surface area contributed by atoms with Crippen molar-refractivity contribution in [3.8, 4) is 0 Å². The van der Waals surface area contributed by atoms with Crippen molar-refractivity contribution < 1.29 is 0 Å². The highest BCUT2D eigenvalue weighted by atomic mass is 15.1. The van der Waals surface area contributed by atoms with E-state index in [0.717, 1.165) is 84.1 Å². The average molecular weight is 422 g/mol. The van der Waals surface area contributed by atoms with Gasteiger partial charge in [0.2, 0.25) is 0 Å². The van der Waals surface area contributed by atoms with Crippen molar-refractivity contribution in [3.05, 3.63) is 36.6 Å². The van der Waals surface area contributed by atoms with Crippen LogP contribution < -0.4 is 48.7 Å². The van der Waals surface area contributed by atoms with Crippen molar-refractivity contribution >= 4 is 0 Å². The molecule has 3 rings (SSSR count). The van der Waals surface area contributed by atoms with Crippen LogP contribution in [0.2, 0.25) is 0 Å². The van der Waals surface area contributed by atoms with Gasteiger partial charge >= 0.3 is 0 Å². The van der Waals surface area contributed by atoms with Crippen LogP contribution in [0, 0.1) is 0 Å². The van der Waals surface area contributed by atoms with E-state index in [4.69, 9.17) is 11.5 Å². The van der Waals surface area contributed by atoms with Gasteiger partial charge in [-0.15, -0.1) is 0 Å². The van der Waals surface area contributed by atoms with Gasteiger partial charge in [-0.05, 0) is 11.6 Å². The second-order valence-electron chi connectivity index (χ2n) is 8.62. The van der Waals surface area contributed by atoms with Crippen molar-refractivity contribution in [2.24, 2.45) is 11.5 Å². The molecule has 0 atom stereocenters. The smallest absolute Gasteiger partial charge is 0.0561 e. The van der Waals surface area contributed by atoms with Crippen molar-refractivity contribution in [2.75, 3.05) is 85.1 Å². The van der Waals surface area contributed by atoms with Gasteiger partial charge in [-0.25, -0.2) is 0 Å². The van der Waals surface area contributed by atoms with Gasteiger partial charge in [0, 0.05) is 90.8 Å². The van der Waals surface area contributed by atoms with E-state index >= 15 is 0 Å². The van der Waals surface area contributed by atoms with Crippen LogP contribution in [0.1, 0.15) is 0 Å². The lowest BCUT2D eigenvalue weighted by atomic mass is 9.97. The summed E-state index contributed by atoms with van der Waals surface area (Å²) in [6.45, 7) is 18.6. The predicted octanol–water partition coefficient (Wildman–Crippen LogP) is -2.84. The molecule has 172 valence electrons. The molecule has 9 nitrogen and oxygen atoms in total. The summed E-state index contributed by atoms with van der Waals surface area (Å²) in [5, 5.41) is 25.1. The molecule has 9 heteroatoms. The zero-order valence-corrected chi connectivity index (χ0v) is 18.4. The van der Waals surface area contributed by atoms with E-state index in [-0.39, 0.29) is 11.1 Å². The normalized spacial score (nSPS) is 30.6. The highest BCUT2D eigenvalue weighted by molar-refractivity contribution is 5.23. The van der Waals surface area contributed by atoms with Crippen LogP contribution >= 0.6 is 0 Å². The van der Waals surface area contributed by atoms with Gasteiger partial charge < -0.3 is 48.7 Å². The summed E-state index contributed by atoms with van der Waals surface area (Å²) in [6.07, 6.45) is 3.71. The van der Waals surface area contributed by atoms with E-state index in [1.165, 1.54) is 0 Å². The van der Waals surface area contributed by atoms with Crippen molar-refractivity contribution in [1.29, 1.82) is 0 Å². The molecule has 0 aromatic carbocycles. The fourth-order valence-corrected chi connectivity index (χ4v) is 3.67. The van der Waals surface area contributed by atoms with Gasteiger partial charge in [0.1, 0.15) is 0 Å². The van der Waals surface area contributed by atoms with Gasteiger partial charge in [0.15, 0.2) is 0 Å². The Morgan fingerprint density at radius 2 is 1.13 bits per heavy atom. The first-order valence-electron chi connectivity index (χ1n) is 11.0. The minimum Gasteiger partial charge on any atom is -0.399 e. The summed E-state index contributed by atoms with van der Waals surface area (Å²) in [4.78, 5) is 0. The van der Waals surface area contributed by atoms with E-state index in [1.807, 2.05) is 6.08 Å². The van der Waals surface area contributed by atoms with Gasteiger partial charge in [-0.2, -0.15) is 0 Å². The van der Waals surface area contributed by atoms with Crippen LogP contribution in [0.15, 0.2) is 36.6 Å². The maximum absolute atomic E-state index is 6.65. The Labute approximate surface area is 181 Å². The molecule has 3 aliphatic heterocycles. The Morgan fingerprint density at radius 1 is 0.733 bits per heavy atom. The summed E-state index contributed by atoms with van der Waals surface area (Å²) in [6, 6.07) is 0. The maximum Gasteiger partial charge on any atom is 0.0561 e. The molecular formula is C21H43N9. The Kier molecular flexibility index (Phi) is 11.0. The van der Waals surface area contributed by atoms with E-state index in [0.29, 0.717) is 12.2 Å². The highest BCUT2D eigenvalue weighted by Gasteiger charge is 2.30. The molecule has 0 unspecified atom stereocenters. The molecule has 0 amide bonds. The number of hydrogen-bond acceptors (Lipinski definition) is 9. The van der Waals surface area contributed by atoms with Crippen LogP contribution in [0.25, 0.3) is 0 Å². The first kappa shape index (κ1) is 25.0. The Bertz CT molecular complexity index is 517. The molecule has 3 saturated heterocycles. The van der Waals surface area contributed by atoms with Crippen molar-refractivity contribution in [1.82, 2.24) is 37.2 Å². The lowest BCUT2D eigenvalue weighted by Crippen LogP contribution is -2.66. The van der Waals surface area contributed by atoms with Crippen molar-refractivity contribution in [2.45, 2.75) is 11.1 Å². The van der Waals surface area contributed by atoms with Crippen LogP contribution in [0.3, 0.4) is 0 Å². The lowest BCUT2D eigenvalue weighted by Gasteiger charge is -2.38. The number of rotatable bonds is 5. The van der Waals surface area contributed by atoms with Crippen LogP contribution in [-0.2, 0) is 0 Å². The number of nitrogens with two attached hydrogens (primary N) is 2. The Balaban J connectivity index is 2.08. The van der Waals surface area contributed by atoms with E-state index < -0.39 is 0 Å². The average Bonchev–Trinajstić information content (AvgIpc) is 2.71. The minimum absolute atomic E-state index is 0.150. The second kappa shape index (κ2) is 13.2. The number of allylic oxidation sites excluding steroid dienone is 1. The molecule has 0 spiro atoms. The summed E-state index contributed by atoms with van der Waals surface area (Å²) in [5.41, 5.74) is 13.3. The third-order valence-corrected chi connectivity index (χ3v) is 5.48. The van der Waals surface area contributed by atoms with Crippen LogP contribution in [-0.4, -0.2) is 96.2 Å². The van der Waals surface area contributed by atoms with Gasteiger partial charge in [0.05, 0.1) is 11.1 Å². The SMILES string of the molecule is C=C(N)/C=C\C(=C)CNC12CNCCNCC(N)(CNCCNC1)CNCCNC2. The third-order valence-electron chi connectivity index (χ3n) is 5.48. The summed E-state index contributed by atoms with van der Waals surface area (Å²) in [7, 11) is 0. The van der Waals surface area contributed by atoms with Crippen LogP contribution in [0.4, 0.5) is 0 Å². The van der Waals surface area contributed by atoms with Gasteiger partial charge in [0.25, 0.3) is 0 Å². The zero-order valence-electron chi connectivity index (χ0n) is 18.4. The Hall–Kier alpha value is -1.30. The molecule has 0 radical (unpaired) electrons. The number of nitrogens with one attached hydrogen (secondary N) is 7. The van der Waals surface area contributed by atoms with Crippen molar-refractivity contribution in [3.63, 3.8) is 0 Å². The Morgan fingerprint density at radius 3 is 1.53 bits per heavy atom. The molecule has 0 aromatic rings. The molecule has 3 aliphatic rings. The fourth-order valence-electron chi connectivity index (χ4n) is 3.67. The summed E-state index contributed by atoms with van der Waals surface area (Å²) >= 11 is 0. The highest BCUT2D eigenvalue weighted by Crippen LogP contribution is 2.05. The minimum atomic E-state index is -0.303.